The number of nitrogens with zero attached hydrogens (tertiary/aromatic N) is 1. The number of carbonyl (C=O) groups excluding carboxylic acids is 2. The van der Waals surface area contributed by atoms with Crippen LogP contribution >= 0.6 is 0 Å². The molecule has 0 aromatic rings. The van der Waals surface area contributed by atoms with Crippen molar-refractivity contribution in [2.24, 2.45) is 0 Å². The SMILES string of the molecule is C=C/C(=C\C=C/C)N1C(=O)C=CC1=O. The summed E-state index contributed by atoms with van der Waals surface area (Å²) in [7, 11) is 0. The fourth-order valence-corrected chi connectivity index (χ4v) is 1.08. The summed E-state index contributed by atoms with van der Waals surface area (Å²) in [6.07, 6.45) is 9.18. The molecule has 0 unspecified atom stereocenters. The van der Waals surface area contributed by atoms with E-state index in [0.29, 0.717) is 5.70 Å². The first-order chi connectivity index (χ1) is 6.70. The molecule has 1 rings (SSSR count). The van der Waals surface area contributed by atoms with Gasteiger partial charge < -0.3 is 0 Å². The fourth-order valence-electron chi connectivity index (χ4n) is 1.08. The first-order valence-corrected chi connectivity index (χ1v) is 4.22. The number of allylic oxidation sites excluding steroid dienone is 4. The molecule has 0 saturated heterocycles. The van der Waals surface area contributed by atoms with Gasteiger partial charge in [-0.2, -0.15) is 0 Å². The summed E-state index contributed by atoms with van der Waals surface area (Å²) < 4.78 is 0. The number of carbonyl (C=O) groups is 2. The van der Waals surface area contributed by atoms with Gasteiger partial charge in [0.2, 0.25) is 0 Å². The summed E-state index contributed by atoms with van der Waals surface area (Å²) in [6.45, 7) is 5.40. The highest BCUT2D eigenvalue weighted by molar-refractivity contribution is 6.14. The number of hydrogen-bond donors (Lipinski definition) is 0. The molecule has 3 nitrogen and oxygen atoms in total. The molecule has 0 radical (unpaired) electrons. The normalized spacial score (nSPS) is 17.2. The van der Waals surface area contributed by atoms with Gasteiger partial charge in [-0.3, -0.25) is 9.59 Å². The summed E-state index contributed by atoms with van der Waals surface area (Å²) in [5.41, 5.74) is 0.489. The van der Waals surface area contributed by atoms with Crippen molar-refractivity contribution in [3.63, 3.8) is 0 Å². The van der Waals surface area contributed by atoms with E-state index in [2.05, 4.69) is 6.58 Å². The van der Waals surface area contributed by atoms with Gasteiger partial charge in [-0.1, -0.05) is 18.7 Å². The van der Waals surface area contributed by atoms with Crippen molar-refractivity contribution in [1.82, 2.24) is 4.90 Å². The van der Waals surface area contributed by atoms with Crippen LogP contribution in [0.5, 0.6) is 0 Å². The van der Waals surface area contributed by atoms with Crippen molar-refractivity contribution in [1.29, 1.82) is 0 Å². The van der Waals surface area contributed by atoms with E-state index in [0.717, 1.165) is 4.90 Å². The molecule has 14 heavy (non-hydrogen) atoms. The van der Waals surface area contributed by atoms with Crippen LogP contribution in [0, 0.1) is 0 Å². The van der Waals surface area contributed by atoms with E-state index in [-0.39, 0.29) is 11.8 Å². The van der Waals surface area contributed by atoms with Crippen LogP contribution < -0.4 is 0 Å². The van der Waals surface area contributed by atoms with Crippen molar-refractivity contribution in [3.8, 4) is 0 Å². The lowest BCUT2D eigenvalue weighted by Crippen LogP contribution is -2.28. The van der Waals surface area contributed by atoms with Crippen LogP contribution in [0.3, 0.4) is 0 Å². The van der Waals surface area contributed by atoms with Crippen LogP contribution in [0.15, 0.2) is 48.7 Å². The largest absolute Gasteiger partial charge is 0.269 e. The highest BCUT2D eigenvalue weighted by Crippen LogP contribution is 2.13. The molecule has 0 fully saturated rings. The number of hydrogen-bond acceptors (Lipinski definition) is 2. The molecular weight excluding hydrogens is 178 g/mol. The summed E-state index contributed by atoms with van der Waals surface area (Å²) in [6, 6.07) is 0. The molecule has 1 heterocycles. The van der Waals surface area contributed by atoms with Gasteiger partial charge in [0.05, 0.1) is 5.70 Å². The summed E-state index contributed by atoms with van der Waals surface area (Å²) >= 11 is 0. The Morgan fingerprint density at radius 2 is 1.93 bits per heavy atom. The highest BCUT2D eigenvalue weighted by Gasteiger charge is 2.24. The Balaban J connectivity index is 2.96. The summed E-state index contributed by atoms with van der Waals surface area (Å²) in [5, 5.41) is 0. The minimum absolute atomic E-state index is 0.328. The maximum atomic E-state index is 11.3. The molecule has 2 amide bonds. The topological polar surface area (TPSA) is 37.4 Å². The summed E-state index contributed by atoms with van der Waals surface area (Å²) in [5.74, 6) is -0.656. The third-order valence-electron chi connectivity index (χ3n) is 1.74. The van der Waals surface area contributed by atoms with Crippen molar-refractivity contribution in [2.75, 3.05) is 0 Å². The van der Waals surface area contributed by atoms with Gasteiger partial charge in [-0.05, 0) is 19.1 Å². The molecule has 0 saturated carbocycles. The van der Waals surface area contributed by atoms with Crippen LogP contribution in [-0.4, -0.2) is 16.7 Å². The van der Waals surface area contributed by atoms with E-state index < -0.39 is 0 Å². The number of amides is 2. The summed E-state index contributed by atoms with van der Waals surface area (Å²) in [4.78, 5) is 23.6. The van der Waals surface area contributed by atoms with Crippen molar-refractivity contribution >= 4 is 11.8 Å². The highest BCUT2D eigenvalue weighted by atomic mass is 16.2. The molecule has 0 aromatic heterocycles. The average molecular weight is 189 g/mol. The van der Waals surface area contributed by atoms with Gasteiger partial charge in [-0.15, -0.1) is 0 Å². The molecule has 0 N–H and O–H groups in total. The van der Waals surface area contributed by atoms with Gasteiger partial charge >= 0.3 is 0 Å². The smallest absolute Gasteiger partial charge is 0.258 e. The lowest BCUT2D eigenvalue weighted by Gasteiger charge is -2.13. The minimum atomic E-state index is -0.328. The fraction of sp³-hybridized carbons (Fsp3) is 0.0909. The second-order valence-corrected chi connectivity index (χ2v) is 2.67. The van der Waals surface area contributed by atoms with E-state index in [1.807, 2.05) is 13.0 Å². The zero-order valence-corrected chi connectivity index (χ0v) is 7.93. The van der Waals surface area contributed by atoms with Gasteiger partial charge in [0.15, 0.2) is 0 Å². The van der Waals surface area contributed by atoms with Crippen LogP contribution in [-0.2, 0) is 9.59 Å². The van der Waals surface area contributed by atoms with Crippen LogP contribution in [0.25, 0.3) is 0 Å². The Kier molecular flexibility index (Phi) is 3.18. The predicted octanol–water partition coefficient (Wildman–Crippen LogP) is 1.56. The van der Waals surface area contributed by atoms with E-state index >= 15 is 0 Å². The first kappa shape index (κ1) is 10.2. The Hall–Kier alpha value is -1.90. The molecule has 1 aliphatic rings. The van der Waals surface area contributed by atoms with Gasteiger partial charge in [0, 0.05) is 12.2 Å². The third kappa shape index (κ3) is 1.88. The van der Waals surface area contributed by atoms with E-state index in [9.17, 15) is 9.59 Å². The molecular formula is C11H11NO2. The van der Waals surface area contributed by atoms with Crippen molar-refractivity contribution in [3.05, 3.63) is 48.7 Å². The molecule has 0 aromatic carbocycles. The maximum Gasteiger partial charge on any atom is 0.258 e. The molecule has 0 spiro atoms. The van der Waals surface area contributed by atoms with Crippen LogP contribution in [0.2, 0.25) is 0 Å². The average Bonchev–Trinajstić information content (AvgIpc) is 2.50. The Morgan fingerprint density at radius 1 is 1.36 bits per heavy atom. The monoisotopic (exact) mass is 189 g/mol. The Bertz CT molecular complexity index is 343. The Morgan fingerprint density at radius 3 is 2.36 bits per heavy atom. The van der Waals surface area contributed by atoms with Gasteiger partial charge in [-0.25, -0.2) is 4.90 Å². The van der Waals surface area contributed by atoms with Crippen LogP contribution in [0.1, 0.15) is 6.92 Å². The van der Waals surface area contributed by atoms with Crippen LogP contribution in [0.4, 0.5) is 0 Å². The van der Waals surface area contributed by atoms with E-state index in [1.165, 1.54) is 18.2 Å². The second-order valence-electron chi connectivity index (χ2n) is 2.67. The van der Waals surface area contributed by atoms with Gasteiger partial charge in [0.25, 0.3) is 11.8 Å². The molecule has 0 bridgehead atoms. The van der Waals surface area contributed by atoms with E-state index in [1.54, 1.807) is 12.2 Å². The lowest BCUT2D eigenvalue weighted by molar-refractivity contribution is -0.134. The molecule has 1 aliphatic heterocycles. The maximum absolute atomic E-state index is 11.3. The number of imide groups is 1. The first-order valence-electron chi connectivity index (χ1n) is 4.22. The lowest BCUT2D eigenvalue weighted by atomic mass is 10.3. The third-order valence-corrected chi connectivity index (χ3v) is 1.74. The standard InChI is InChI=1S/C11H11NO2/c1-3-5-6-9(4-2)12-10(13)7-8-11(12)14/h3-8H,2H2,1H3/b5-3-,9-6+. The van der Waals surface area contributed by atoms with Crippen molar-refractivity contribution in [2.45, 2.75) is 6.92 Å². The zero-order valence-electron chi connectivity index (χ0n) is 7.93. The van der Waals surface area contributed by atoms with E-state index in [4.69, 9.17) is 0 Å². The molecule has 0 atom stereocenters. The Labute approximate surface area is 82.7 Å². The quantitative estimate of drug-likeness (QED) is 0.499. The number of rotatable bonds is 3. The zero-order chi connectivity index (χ0) is 10.6. The minimum Gasteiger partial charge on any atom is -0.269 e. The second kappa shape index (κ2) is 4.37. The molecule has 72 valence electrons. The molecule has 0 aliphatic carbocycles. The van der Waals surface area contributed by atoms with Crippen molar-refractivity contribution < 1.29 is 9.59 Å². The predicted molar refractivity (Wildman–Crippen MR) is 54.1 cm³/mol. The molecule has 3 heteroatoms. The van der Waals surface area contributed by atoms with Gasteiger partial charge in [0.1, 0.15) is 0 Å².